The molecule has 0 bridgehead atoms. The first kappa shape index (κ1) is 18.1. The molecule has 1 atom stereocenters. The summed E-state index contributed by atoms with van der Waals surface area (Å²) in [4.78, 5) is 6.36. The van der Waals surface area contributed by atoms with Crippen molar-refractivity contribution < 1.29 is 9.84 Å². The molecule has 3 aromatic rings. The van der Waals surface area contributed by atoms with Crippen LogP contribution in [0, 0.1) is 0 Å². The van der Waals surface area contributed by atoms with E-state index in [4.69, 9.17) is 4.74 Å². The Labute approximate surface area is 154 Å². The molecule has 0 spiro atoms. The van der Waals surface area contributed by atoms with Gasteiger partial charge in [-0.1, -0.05) is 48.5 Å². The van der Waals surface area contributed by atoms with Crippen molar-refractivity contribution in [3.05, 3.63) is 95.8 Å². The Morgan fingerprint density at radius 3 is 2.38 bits per heavy atom. The Morgan fingerprint density at radius 1 is 0.962 bits per heavy atom. The van der Waals surface area contributed by atoms with Crippen molar-refractivity contribution in [2.24, 2.45) is 0 Å². The second-order valence-electron chi connectivity index (χ2n) is 6.38. The molecule has 1 N–H and O–H groups in total. The lowest BCUT2D eigenvalue weighted by atomic mass is 10.1. The van der Waals surface area contributed by atoms with Gasteiger partial charge in [0.1, 0.15) is 12.4 Å². The molecule has 1 aromatic heterocycles. The van der Waals surface area contributed by atoms with Crippen molar-refractivity contribution in [1.82, 2.24) is 9.88 Å². The molecule has 4 heteroatoms. The van der Waals surface area contributed by atoms with Crippen LogP contribution in [0.25, 0.3) is 0 Å². The lowest BCUT2D eigenvalue weighted by molar-refractivity contribution is 0.124. The van der Waals surface area contributed by atoms with Gasteiger partial charge in [-0.05, 0) is 42.4 Å². The molecule has 0 unspecified atom stereocenters. The zero-order valence-electron chi connectivity index (χ0n) is 15.0. The summed E-state index contributed by atoms with van der Waals surface area (Å²) in [6.07, 6.45) is 1.28. The van der Waals surface area contributed by atoms with Gasteiger partial charge < -0.3 is 9.84 Å². The lowest BCUT2D eigenvalue weighted by Crippen LogP contribution is -2.24. The van der Waals surface area contributed by atoms with Gasteiger partial charge in [-0.2, -0.15) is 0 Å². The predicted molar refractivity (Wildman–Crippen MR) is 103 cm³/mol. The molecular weight excluding hydrogens is 324 g/mol. The molecule has 2 aromatic carbocycles. The summed E-state index contributed by atoms with van der Waals surface area (Å²) in [6.45, 7) is 1.82. The van der Waals surface area contributed by atoms with Gasteiger partial charge in [0.05, 0.1) is 11.8 Å². The van der Waals surface area contributed by atoms with Crippen LogP contribution in [0.1, 0.15) is 22.9 Å². The molecule has 0 amide bonds. The third-order valence-electron chi connectivity index (χ3n) is 4.16. The van der Waals surface area contributed by atoms with Gasteiger partial charge in [-0.25, -0.2) is 0 Å². The Bertz CT molecular complexity index is 776. The minimum atomic E-state index is -0.484. The zero-order valence-corrected chi connectivity index (χ0v) is 15.0. The summed E-state index contributed by atoms with van der Waals surface area (Å²) in [5.41, 5.74) is 3.03. The van der Waals surface area contributed by atoms with Crippen molar-refractivity contribution in [3.8, 4) is 5.75 Å². The maximum Gasteiger partial charge on any atom is 0.130 e. The van der Waals surface area contributed by atoms with Crippen LogP contribution >= 0.6 is 0 Å². The predicted octanol–water partition coefficient (Wildman–Crippen LogP) is 3.83. The quantitative estimate of drug-likeness (QED) is 0.672. The topological polar surface area (TPSA) is 45.6 Å². The highest BCUT2D eigenvalue weighted by Crippen LogP contribution is 2.17. The number of hydrogen-bond donors (Lipinski definition) is 1. The van der Waals surface area contributed by atoms with E-state index in [1.54, 1.807) is 6.20 Å². The van der Waals surface area contributed by atoms with Crippen LogP contribution in [0.15, 0.2) is 79.0 Å². The molecule has 0 aliphatic heterocycles. The molecular formula is C22H24N2O2. The van der Waals surface area contributed by atoms with Crippen molar-refractivity contribution in [3.63, 3.8) is 0 Å². The Balaban J connectivity index is 1.49. The van der Waals surface area contributed by atoms with Crippen molar-refractivity contribution in [2.75, 3.05) is 13.6 Å². The standard InChI is InChI=1S/C22H24N2O2/c1-24(16-22(25)19-7-3-2-4-8-19)15-18-10-12-21(13-11-18)26-17-20-9-5-6-14-23-20/h2-14,22,25H,15-17H2,1H3/t22-/m0/s1. The first-order valence-electron chi connectivity index (χ1n) is 8.74. The van der Waals surface area contributed by atoms with E-state index in [0.717, 1.165) is 23.6 Å². The molecule has 1 heterocycles. The molecule has 0 aliphatic carbocycles. The first-order valence-corrected chi connectivity index (χ1v) is 8.74. The summed E-state index contributed by atoms with van der Waals surface area (Å²) in [6, 6.07) is 23.6. The van der Waals surface area contributed by atoms with Gasteiger partial charge in [0.15, 0.2) is 0 Å². The van der Waals surface area contributed by atoms with E-state index in [-0.39, 0.29) is 0 Å². The summed E-state index contributed by atoms with van der Waals surface area (Å²) in [5.74, 6) is 0.825. The van der Waals surface area contributed by atoms with Crippen LogP contribution in [-0.4, -0.2) is 28.6 Å². The molecule has 3 rings (SSSR count). The van der Waals surface area contributed by atoms with Crippen molar-refractivity contribution >= 4 is 0 Å². The maximum atomic E-state index is 10.3. The number of aliphatic hydroxyl groups excluding tert-OH is 1. The highest BCUT2D eigenvalue weighted by molar-refractivity contribution is 5.27. The van der Waals surface area contributed by atoms with E-state index in [1.807, 2.05) is 67.7 Å². The van der Waals surface area contributed by atoms with Crippen LogP contribution in [0.3, 0.4) is 0 Å². The summed E-state index contributed by atoms with van der Waals surface area (Å²) >= 11 is 0. The number of aliphatic hydroxyl groups is 1. The number of pyridine rings is 1. The summed E-state index contributed by atoms with van der Waals surface area (Å²) in [5, 5.41) is 10.3. The Morgan fingerprint density at radius 2 is 1.69 bits per heavy atom. The van der Waals surface area contributed by atoms with E-state index in [9.17, 15) is 5.11 Å². The largest absolute Gasteiger partial charge is 0.487 e. The second kappa shape index (κ2) is 9.13. The molecule has 134 valence electrons. The Kier molecular flexibility index (Phi) is 6.36. The van der Waals surface area contributed by atoms with Crippen molar-refractivity contribution in [2.45, 2.75) is 19.3 Å². The number of likely N-dealkylation sites (N-methyl/N-ethyl adjacent to an activating group) is 1. The van der Waals surface area contributed by atoms with E-state index in [2.05, 4.69) is 22.0 Å². The fraction of sp³-hybridized carbons (Fsp3) is 0.227. The van der Waals surface area contributed by atoms with E-state index < -0.39 is 6.10 Å². The number of aromatic nitrogens is 1. The molecule has 0 saturated heterocycles. The molecule has 0 fully saturated rings. The van der Waals surface area contributed by atoms with Crippen LogP contribution < -0.4 is 4.74 Å². The highest BCUT2D eigenvalue weighted by Gasteiger charge is 2.10. The smallest absolute Gasteiger partial charge is 0.130 e. The maximum absolute atomic E-state index is 10.3. The SMILES string of the molecule is CN(Cc1ccc(OCc2ccccn2)cc1)C[C@H](O)c1ccccc1. The number of nitrogens with zero attached hydrogens (tertiary/aromatic N) is 2. The fourth-order valence-electron chi connectivity index (χ4n) is 2.78. The lowest BCUT2D eigenvalue weighted by Gasteiger charge is -2.21. The fourth-order valence-corrected chi connectivity index (χ4v) is 2.78. The van der Waals surface area contributed by atoms with Crippen LogP contribution in [0.4, 0.5) is 0 Å². The third-order valence-corrected chi connectivity index (χ3v) is 4.16. The average Bonchev–Trinajstić information content (AvgIpc) is 2.69. The minimum Gasteiger partial charge on any atom is -0.487 e. The molecule has 4 nitrogen and oxygen atoms in total. The van der Waals surface area contributed by atoms with Gasteiger partial charge in [0.25, 0.3) is 0 Å². The van der Waals surface area contributed by atoms with Gasteiger partial charge in [-0.3, -0.25) is 9.88 Å². The van der Waals surface area contributed by atoms with Crippen LogP contribution in [-0.2, 0) is 13.2 Å². The van der Waals surface area contributed by atoms with E-state index >= 15 is 0 Å². The molecule has 0 aliphatic rings. The van der Waals surface area contributed by atoms with Crippen LogP contribution in [0.5, 0.6) is 5.75 Å². The third kappa shape index (κ3) is 5.41. The summed E-state index contributed by atoms with van der Waals surface area (Å²) in [7, 11) is 2.01. The van der Waals surface area contributed by atoms with Crippen molar-refractivity contribution in [1.29, 1.82) is 0 Å². The molecule has 0 saturated carbocycles. The van der Waals surface area contributed by atoms with E-state index in [1.165, 1.54) is 5.56 Å². The monoisotopic (exact) mass is 348 g/mol. The molecule has 26 heavy (non-hydrogen) atoms. The normalized spacial score (nSPS) is 12.1. The van der Waals surface area contributed by atoms with Gasteiger partial charge in [0, 0.05) is 19.3 Å². The number of hydrogen-bond acceptors (Lipinski definition) is 4. The first-order chi connectivity index (χ1) is 12.7. The Hall–Kier alpha value is -2.69. The average molecular weight is 348 g/mol. The highest BCUT2D eigenvalue weighted by atomic mass is 16.5. The minimum absolute atomic E-state index is 0.462. The zero-order chi connectivity index (χ0) is 18.2. The number of rotatable bonds is 8. The summed E-state index contributed by atoms with van der Waals surface area (Å²) < 4.78 is 5.76. The molecule has 0 radical (unpaired) electrons. The number of benzene rings is 2. The van der Waals surface area contributed by atoms with E-state index in [0.29, 0.717) is 13.2 Å². The van der Waals surface area contributed by atoms with Gasteiger partial charge in [0.2, 0.25) is 0 Å². The van der Waals surface area contributed by atoms with Gasteiger partial charge >= 0.3 is 0 Å². The van der Waals surface area contributed by atoms with Crippen LogP contribution in [0.2, 0.25) is 0 Å². The van der Waals surface area contributed by atoms with Gasteiger partial charge in [-0.15, -0.1) is 0 Å². The number of ether oxygens (including phenoxy) is 1. The second-order valence-corrected chi connectivity index (χ2v) is 6.38.